The number of alkyl halides is 4. The van der Waals surface area contributed by atoms with Crippen molar-refractivity contribution in [1.82, 2.24) is 0 Å². The summed E-state index contributed by atoms with van der Waals surface area (Å²) in [5, 5.41) is 0. The Morgan fingerprint density at radius 2 is 1.00 bits per heavy atom. The fourth-order valence-electron chi connectivity index (χ4n) is 0.775. The maximum atomic E-state index is 12.3. The van der Waals surface area contributed by atoms with Gasteiger partial charge in [0.25, 0.3) is 0 Å². The van der Waals surface area contributed by atoms with Crippen molar-refractivity contribution < 1.29 is 17.6 Å². The first-order valence-corrected chi connectivity index (χ1v) is 19.9. The van der Waals surface area contributed by atoms with Crippen molar-refractivity contribution in [3.05, 3.63) is 0 Å². The molecule has 0 aliphatic carbocycles. The Bertz CT molecular complexity index is 191. The summed E-state index contributed by atoms with van der Waals surface area (Å²) < 4.78 is 42.6. The monoisotopic (exact) mass is 430 g/mol. The summed E-state index contributed by atoms with van der Waals surface area (Å²) >= 11 is -9.07. The summed E-state index contributed by atoms with van der Waals surface area (Å²) in [6, 6.07) is 0. The van der Waals surface area contributed by atoms with Crippen LogP contribution in [0.15, 0.2) is 0 Å². The van der Waals surface area contributed by atoms with Crippen LogP contribution >= 0.6 is 17.9 Å². The summed E-state index contributed by atoms with van der Waals surface area (Å²) in [7, 11) is 10.2. The van der Waals surface area contributed by atoms with Crippen LogP contribution in [0.5, 0.6) is 0 Å². The van der Waals surface area contributed by atoms with E-state index in [9.17, 15) is 17.6 Å². The Morgan fingerprint density at radius 1 is 0.800 bits per heavy atom. The van der Waals surface area contributed by atoms with E-state index in [-0.39, 0.29) is 0 Å². The van der Waals surface area contributed by atoms with Crippen molar-refractivity contribution in [3.8, 4) is 0 Å². The molecule has 0 aromatic carbocycles. The zero-order valence-corrected chi connectivity index (χ0v) is 10.3. The Morgan fingerprint density at radius 3 is 1.00 bits per heavy atom. The molecule has 0 radical (unpaired) electrons. The first-order valence-electron chi connectivity index (χ1n) is 2.05. The molecule has 0 nitrogen and oxygen atoms in total. The van der Waals surface area contributed by atoms with Gasteiger partial charge in [-0.1, -0.05) is 0 Å². The van der Waals surface area contributed by atoms with Crippen molar-refractivity contribution in [2.24, 2.45) is 0 Å². The Balaban J connectivity index is 2.41. The van der Waals surface area contributed by atoms with Gasteiger partial charge in [0.15, 0.2) is 0 Å². The van der Waals surface area contributed by atoms with Gasteiger partial charge in [-0.2, -0.15) is 0 Å². The molecule has 62 valence electrons. The zero-order chi connectivity index (χ0) is 8.00. The van der Waals surface area contributed by atoms with Crippen LogP contribution in [-0.2, 0) is 0 Å². The number of hydrogen-bond donors (Lipinski definition) is 0. The van der Waals surface area contributed by atoms with Crippen LogP contribution in [0.2, 0.25) is 0 Å². The molecule has 0 spiro atoms. The number of fused-ring (bicyclic) bond motifs is 1. The number of hydrogen-bond acceptors (Lipinski definition) is 0. The van der Waals surface area contributed by atoms with Crippen LogP contribution < -0.4 is 0 Å². The van der Waals surface area contributed by atoms with E-state index in [4.69, 9.17) is 17.9 Å². The van der Waals surface area contributed by atoms with Crippen LogP contribution in [0.25, 0.3) is 0 Å². The molecule has 2 saturated heterocycles. The SMILES string of the molecule is FC1(F)[Te]2(Cl)C(F)(F)[Te]12Cl. The molecular weight excluding hydrogens is 426 g/mol. The van der Waals surface area contributed by atoms with E-state index in [1.807, 2.05) is 0 Å². The summed E-state index contributed by atoms with van der Waals surface area (Å²) in [5.41, 5.74) is 0. The Labute approximate surface area is 65.1 Å². The molecule has 0 unspecified atom stereocenters. The van der Waals surface area contributed by atoms with Crippen LogP contribution in [0, 0.1) is 0 Å². The molecule has 10 heavy (non-hydrogen) atoms. The Kier molecular flexibility index (Phi) is 1.34. The second-order valence-electron chi connectivity index (χ2n) is 1.90. The van der Waals surface area contributed by atoms with Crippen LogP contribution in [0.1, 0.15) is 0 Å². The summed E-state index contributed by atoms with van der Waals surface area (Å²) in [5.74, 6) is 0. The van der Waals surface area contributed by atoms with Gasteiger partial charge in [0.1, 0.15) is 0 Å². The number of rotatable bonds is 0. The molecule has 0 aromatic heterocycles. The molecule has 2 aliphatic rings. The van der Waals surface area contributed by atoms with Crippen LogP contribution in [0.4, 0.5) is 17.6 Å². The molecule has 0 aromatic rings. The van der Waals surface area contributed by atoms with Gasteiger partial charge in [-0.3, -0.25) is 0 Å². The molecule has 8 heteroatoms. The van der Waals surface area contributed by atoms with E-state index in [1.54, 1.807) is 0 Å². The van der Waals surface area contributed by atoms with Crippen molar-refractivity contribution in [2.75, 3.05) is 0 Å². The predicted molar refractivity (Wildman–Crippen MR) is 33.1 cm³/mol. The fraction of sp³-hybridized carbons (Fsp3) is 1.00. The van der Waals surface area contributed by atoms with Gasteiger partial charge in [0, 0.05) is 0 Å². The van der Waals surface area contributed by atoms with E-state index < -0.39 is 30.4 Å². The third kappa shape index (κ3) is 0.424. The van der Waals surface area contributed by atoms with Crippen LogP contribution in [-0.4, -0.2) is 30.4 Å². The van der Waals surface area contributed by atoms with Gasteiger partial charge >= 0.3 is 65.9 Å². The summed E-state index contributed by atoms with van der Waals surface area (Å²) in [6.45, 7) is 0. The molecule has 2 heterocycles. The maximum absolute atomic E-state index is 12.3. The second kappa shape index (κ2) is 1.59. The van der Waals surface area contributed by atoms with E-state index >= 15 is 0 Å². The van der Waals surface area contributed by atoms with Crippen molar-refractivity contribution in [2.45, 2.75) is 4.04 Å². The van der Waals surface area contributed by atoms with Gasteiger partial charge in [0.05, 0.1) is 0 Å². The minimum absolute atomic E-state index is 3.22. The van der Waals surface area contributed by atoms with E-state index in [0.29, 0.717) is 0 Å². The zero-order valence-electron chi connectivity index (χ0n) is 4.08. The van der Waals surface area contributed by atoms with Gasteiger partial charge < -0.3 is 0 Å². The Hall–Kier alpha value is 1.88. The van der Waals surface area contributed by atoms with Crippen molar-refractivity contribution in [1.29, 1.82) is 0 Å². The molecule has 2 aliphatic heterocycles. The molecular formula is C2Cl2F4Te2. The minimum atomic E-state index is -4.54. The van der Waals surface area contributed by atoms with Gasteiger partial charge in [-0.15, -0.1) is 0 Å². The quantitative estimate of drug-likeness (QED) is 0.410. The standard InChI is InChI=1S/C2Cl2F4Te2/c3-9-1(5,6)10(9,4)2(9,7)8. The number of halogens is 6. The molecule has 0 N–H and O–H groups in total. The fourth-order valence-corrected chi connectivity index (χ4v) is 115. The molecule has 0 amide bonds. The average molecular weight is 426 g/mol. The molecule has 0 bridgehead atoms. The third-order valence-corrected chi connectivity index (χ3v) is 80.5. The topological polar surface area (TPSA) is 0 Å². The van der Waals surface area contributed by atoms with Crippen molar-refractivity contribution in [3.63, 3.8) is 0 Å². The van der Waals surface area contributed by atoms with E-state index in [1.165, 1.54) is 0 Å². The summed E-state index contributed by atoms with van der Waals surface area (Å²) in [4.78, 5) is 0. The van der Waals surface area contributed by atoms with Crippen molar-refractivity contribution >= 4 is 44.3 Å². The first-order chi connectivity index (χ1) is 4.25. The van der Waals surface area contributed by atoms with Gasteiger partial charge in [0.2, 0.25) is 0 Å². The molecule has 2 rings (SSSR count). The van der Waals surface area contributed by atoms with E-state index in [0.717, 1.165) is 0 Å². The molecule has 0 atom stereocenters. The summed E-state index contributed by atoms with van der Waals surface area (Å²) in [6.07, 6.45) is 0. The molecule has 0 saturated carbocycles. The van der Waals surface area contributed by atoms with Crippen LogP contribution in [0.3, 0.4) is 0 Å². The van der Waals surface area contributed by atoms with Gasteiger partial charge in [-0.25, -0.2) is 0 Å². The average Bonchev–Trinajstić information content (AvgIpc) is 2.28. The van der Waals surface area contributed by atoms with E-state index in [2.05, 4.69) is 0 Å². The van der Waals surface area contributed by atoms with Gasteiger partial charge in [-0.05, 0) is 0 Å². The third-order valence-electron chi connectivity index (χ3n) is 1.49. The first kappa shape index (κ1) is 8.48. The molecule has 2 fully saturated rings. The predicted octanol–water partition coefficient (Wildman–Crippen LogP) is 1.89. The normalized spacial score (nSPS) is 72.2. The second-order valence-corrected chi connectivity index (χ2v) is 51.4.